The maximum Gasteiger partial charge on any atom is 0.348 e. The molecule has 0 aromatic carbocycles. The minimum Gasteiger partial charge on any atom is -0.451 e. The number of ether oxygens (including phenoxy) is 1. The second-order valence-corrected chi connectivity index (χ2v) is 10.4. The highest BCUT2D eigenvalue weighted by Gasteiger charge is 2.50. The first-order valence-electron chi connectivity index (χ1n) is 9.33. The molecule has 1 aliphatic heterocycles. The van der Waals surface area contributed by atoms with Crippen molar-refractivity contribution in [1.82, 2.24) is 4.90 Å². The molecule has 4 nitrogen and oxygen atoms in total. The van der Waals surface area contributed by atoms with Crippen LogP contribution in [0.4, 0.5) is 0 Å². The Morgan fingerprint density at radius 1 is 1.28 bits per heavy atom. The van der Waals surface area contributed by atoms with E-state index in [9.17, 15) is 9.59 Å². The molecule has 2 heterocycles. The number of thiophene rings is 1. The zero-order chi connectivity index (χ0) is 17.8. The fourth-order valence-electron chi connectivity index (χ4n) is 5.46. The maximum atomic E-state index is 12.7. The second-order valence-electron chi connectivity index (χ2n) is 9.22. The molecule has 1 saturated heterocycles. The minimum absolute atomic E-state index is 0.0381. The lowest BCUT2D eigenvalue weighted by molar-refractivity contribution is -0.135. The summed E-state index contributed by atoms with van der Waals surface area (Å²) in [6, 6.07) is 2.25. The van der Waals surface area contributed by atoms with Crippen LogP contribution in [0.15, 0.2) is 6.07 Å². The zero-order valence-electron chi connectivity index (χ0n) is 15.4. The summed E-state index contributed by atoms with van der Waals surface area (Å²) in [6.07, 6.45) is 6.58. The van der Waals surface area contributed by atoms with Crippen LogP contribution < -0.4 is 0 Å². The smallest absolute Gasteiger partial charge is 0.348 e. The van der Waals surface area contributed by atoms with Gasteiger partial charge in [0.1, 0.15) is 4.88 Å². The van der Waals surface area contributed by atoms with Crippen molar-refractivity contribution < 1.29 is 14.3 Å². The summed E-state index contributed by atoms with van der Waals surface area (Å²) in [5, 5.41) is 0. The van der Waals surface area contributed by atoms with E-state index in [-0.39, 0.29) is 29.3 Å². The first-order valence-corrected chi connectivity index (χ1v) is 10.1. The molecule has 0 N–H and O–H groups in total. The van der Waals surface area contributed by atoms with Crippen LogP contribution >= 0.6 is 11.3 Å². The molecule has 4 rings (SSSR count). The Morgan fingerprint density at radius 2 is 2.08 bits per heavy atom. The summed E-state index contributed by atoms with van der Waals surface area (Å²) in [6.45, 7) is 7.54. The van der Waals surface area contributed by atoms with Crippen LogP contribution in [-0.2, 0) is 22.4 Å². The number of carbonyl (C=O) groups excluding carboxylic acids is 2. The number of rotatable bonds is 3. The van der Waals surface area contributed by atoms with E-state index >= 15 is 0 Å². The molecule has 2 aliphatic carbocycles. The van der Waals surface area contributed by atoms with Crippen LogP contribution in [0.5, 0.6) is 0 Å². The molecule has 1 aromatic rings. The lowest BCUT2D eigenvalue weighted by Gasteiger charge is -2.39. The minimum atomic E-state index is -0.346. The number of aryl methyl sites for hydroxylation is 2. The Kier molecular flexibility index (Phi) is 3.98. The van der Waals surface area contributed by atoms with E-state index in [2.05, 4.69) is 20.8 Å². The third-order valence-corrected chi connectivity index (χ3v) is 7.23. The first kappa shape index (κ1) is 17.1. The Bertz CT molecular complexity index is 701. The van der Waals surface area contributed by atoms with Crippen molar-refractivity contribution >= 4 is 23.2 Å². The quantitative estimate of drug-likeness (QED) is 0.769. The van der Waals surface area contributed by atoms with Crippen LogP contribution in [0.3, 0.4) is 0 Å². The molecule has 1 saturated carbocycles. The molecule has 1 amide bonds. The van der Waals surface area contributed by atoms with Crippen molar-refractivity contribution in [2.75, 3.05) is 13.2 Å². The fraction of sp³-hybridized carbons (Fsp3) is 0.700. The third-order valence-electron chi connectivity index (χ3n) is 6.01. The number of hydrogen-bond donors (Lipinski definition) is 0. The van der Waals surface area contributed by atoms with Crippen molar-refractivity contribution in [3.8, 4) is 0 Å². The van der Waals surface area contributed by atoms with E-state index < -0.39 is 0 Å². The highest BCUT2D eigenvalue weighted by atomic mass is 32.1. The molecule has 0 unspecified atom stereocenters. The molecular weight excluding hydrogens is 334 g/mol. The Balaban J connectivity index is 1.37. The van der Waals surface area contributed by atoms with Gasteiger partial charge in [0.15, 0.2) is 6.61 Å². The van der Waals surface area contributed by atoms with Crippen LogP contribution in [0.2, 0.25) is 0 Å². The zero-order valence-corrected chi connectivity index (χ0v) is 16.2. The van der Waals surface area contributed by atoms with E-state index in [0.29, 0.717) is 10.9 Å². The predicted molar refractivity (Wildman–Crippen MR) is 97.9 cm³/mol. The SMILES string of the molecule is CC1(C)C[C@H]2C[C@](C)(CN2C(=O)COC(=O)c2cc3c(s2)CCC3)C1. The summed E-state index contributed by atoms with van der Waals surface area (Å²) in [5.41, 5.74) is 1.77. The van der Waals surface area contributed by atoms with Crippen LogP contribution in [0.25, 0.3) is 0 Å². The van der Waals surface area contributed by atoms with Gasteiger partial charge in [-0.1, -0.05) is 20.8 Å². The molecule has 136 valence electrons. The predicted octanol–water partition coefficient (Wildman–Crippen LogP) is 3.82. The van der Waals surface area contributed by atoms with Crippen molar-refractivity contribution in [2.45, 2.75) is 65.3 Å². The lowest BCUT2D eigenvalue weighted by atomic mass is 9.65. The number of hydrogen-bond acceptors (Lipinski definition) is 4. The molecule has 3 aliphatic rings. The fourth-order valence-corrected chi connectivity index (χ4v) is 6.61. The number of esters is 1. The Morgan fingerprint density at radius 3 is 2.84 bits per heavy atom. The number of carbonyl (C=O) groups is 2. The van der Waals surface area contributed by atoms with Crippen LogP contribution in [0, 0.1) is 10.8 Å². The number of fused-ring (bicyclic) bond motifs is 3. The third kappa shape index (κ3) is 3.23. The highest BCUT2D eigenvalue weighted by Crippen LogP contribution is 2.52. The Labute approximate surface area is 153 Å². The van der Waals surface area contributed by atoms with Gasteiger partial charge in [0.25, 0.3) is 5.91 Å². The molecule has 0 spiro atoms. The molecule has 0 radical (unpaired) electrons. The van der Waals surface area contributed by atoms with Crippen molar-refractivity contribution in [3.05, 3.63) is 21.4 Å². The largest absolute Gasteiger partial charge is 0.451 e. The van der Waals surface area contributed by atoms with E-state index in [1.54, 1.807) is 0 Å². The number of nitrogens with zero attached hydrogens (tertiary/aromatic N) is 1. The molecule has 2 atom stereocenters. The van der Waals surface area contributed by atoms with Crippen molar-refractivity contribution in [1.29, 1.82) is 0 Å². The summed E-state index contributed by atoms with van der Waals surface area (Å²) < 4.78 is 5.35. The van der Waals surface area contributed by atoms with Crippen molar-refractivity contribution in [3.63, 3.8) is 0 Å². The molecule has 5 heteroatoms. The monoisotopic (exact) mass is 361 g/mol. The van der Waals surface area contributed by atoms with Crippen LogP contribution in [0.1, 0.15) is 66.6 Å². The number of amides is 1. The van der Waals surface area contributed by atoms with Gasteiger partial charge < -0.3 is 9.64 Å². The molecule has 2 bridgehead atoms. The summed E-state index contributed by atoms with van der Waals surface area (Å²) in [4.78, 5) is 28.9. The van der Waals surface area contributed by atoms with Gasteiger partial charge in [-0.05, 0) is 61.0 Å². The molecule has 2 fully saturated rings. The standard InChI is InChI=1S/C20H27NO3S/c1-19(2)8-14-9-20(3,11-19)12-21(14)17(22)10-24-18(23)16-7-13-5-4-6-15(13)25-16/h7,14H,4-6,8-12H2,1-3H3/t14-,20-/m0/s1. The van der Waals surface area contributed by atoms with Gasteiger partial charge in [-0.2, -0.15) is 0 Å². The molecular formula is C20H27NO3S. The van der Waals surface area contributed by atoms with E-state index in [0.717, 1.165) is 38.6 Å². The molecule has 25 heavy (non-hydrogen) atoms. The maximum absolute atomic E-state index is 12.7. The summed E-state index contributed by atoms with van der Waals surface area (Å²) >= 11 is 1.53. The van der Waals surface area contributed by atoms with Gasteiger partial charge in [0.2, 0.25) is 0 Å². The van der Waals surface area contributed by atoms with Gasteiger partial charge >= 0.3 is 5.97 Å². The second kappa shape index (κ2) is 5.83. The van der Waals surface area contributed by atoms with Crippen molar-refractivity contribution in [2.24, 2.45) is 10.8 Å². The average molecular weight is 362 g/mol. The van der Waals surface area contributed by atoms with E-state index in [4.69, 9.17) is 4.74 Å². The van der Waals surface area contributed by atoms with E-state index in [1.165, 1.54) is 28.2 Å². The van der Waals surface area contributed by atoms with Gasteiger partial charge in [-0.3, -0.25) is 4.79 Å². The van der Waals surface area contributed by atoms with Gasteiger partial charge in [-0.25, -0.2) is 4.79 Å². The summed E-state index contributed by atoms with van der Waals surface area (Å²) in [5.74, 6) is -0.384. The average Bonchev–Trinajstić information content (AvgIpc) is 3.14. The summed E-state index contributed by atoms with van der Waals surface area (Å²) in [7, 11) is 0. The van der Waals surface area contributed by atoms with Crippen LogP contribution in [-0.4, -0.2) is 36.0 Å². The normalized spacial score (nSPS) is 29.6. The lowest BCUT2D eigenvalue weighted by Crippen LogP contribution is -2.39. The van der Waals surface area contributed by atoms with Gasteiger partial charge in [-0.15, -0.1) is 11.3 Å². The number of likely N-dealkylation sites (tertiary alicyclic amines) is 1. The highest BCUT2D eigenvalue weighted by molar-refractivity contribution is 7.14. The first-order chi connectivity index (χ1) is 11.7. The molecule has 1 aromatic heterocycles. The Hall–Kier alpha value is -1.36. The topological polar surface area (TPSA) is 46.6 Å². The van der Waals surface area contributed by atoms with E-state index in [1.807, 2.05) is 11.0 Å². The van der Waals surface area contributed by atoms with Gasteiger partial charge in [0.05, 0.1) is 0 Å². The van der Waals surface area contributed by atoms with Gasteiger partial charge in [0, 0.05) is 17.5 Å².